The molecule has 106 valence electrons. The lowest BCUT2D eigenvalue weighted by Gasteiger charge is -2.07. The van der Waals surface area contributed by atoms with Crippen LogP contribution in [0.4, 0.5) is 0 Å². The topological polar surface area (TPSA) is 35.5 Å². The molecule has 0 N–H and O–H groups in total. The fourth-order valence-corrected chi connectivity index (χ4v) is 1.57. The Balaban J connectivity index is 2.20. The van der Waals surface area contributed by atoms with E-state index >= 15 is 0 Å². The Bertz CT molecular complexity index is 368. The van der Waals surface area contributed by atoms with Gasteiger partial charge < -0.3 is 9.47 Å². The van der Waals surface area contributed by atoms with Gasteiger partial charge >= 0.3 is 5.97 Å². The summed E-state index contributed by atoms with van der Waals surface area (Å²) in [6, 6.07) is 7.52. The van der Waals surface area contributed by atoms with E-state index in [-0.39, 0.29) is 5.97 Å². The Hall–Kier alpha value is -1.35. The van der Waals surface area contributed by atoms with Gasteiger partial charge in [0.25, 0.3) is 0 Å². The van der Waals surface area contributed by atoms with Crippen LogP contribution in [0.25, 0.3) is 0 Å². The first-order valence-corrected chi connectivity index (χ1v) is 6.97. The van der Waals surface area contributed by atoms with Gasteiger partial charge in [-0.05, 0) is 36.5 Å². The number of aryl methyl sites for hydroxylation is 1. The lowest BCUT2D eigenvalue weighted by Crippen LogP contribution is -2.11. The highest BCUT2D eigenvalue weighted by Gasteiger charge is 2.06. The summed E-state index contributed by atoms with van der Waals surface area (Å²) in [7, 11) is 0. The number of benzene rings is 1. The molecule has 0 bridgehead atoms. The number of carbonyl (C=O) groups is 1. The van der Waals surface area contributed by atoms with Gasteiger partial charge in [0.2, 0.25) is 0 Å². The van der Waals surface area contributed by atoms with Crippen LogP contribution in [0.1, 0.15) is 43.1 Å². The Morgan fingerprint density at radius 2 is 1.79 bits per heavy atom. The number of esters is 1. The predicted molar refractivity (Wildman–Crippen MR) is 76.4 cm³/mol. The average molecular weight is 264 g/mol. The monoisotopic (exact) mass is 264 g/mol. The number of hydrogen-bond acceptors (Lipinski definition) is 3. The van der Waals surface area contributed by atoms with Crippen LogP contribution >= 0.6 is 0 Å². The summed E-state index contributed by atoms with van der Waals surface area (Å²) in [5.74, 6) is 0.356. The molecule has 0 fully saturated rings. The van der Waals surface area contributed by atoms with Crippen molar-refractivity contribution in [2.24, 2.45) is 5.92 Å². The molecule has 19 heavy (non-hydrogen) atoms. The van der Waals surface area contributed by atoms with Gasteiger partial charge in [0.1, 0.15) is 6.61 Å². The first-order valence-electron chi connectivity index (χ1n) is 6.97. The quantitative estimate of drug-likeness (QED) is 0.533. The molecule has 3 nitrogen and oxygen atoms in total. The van der Waals surface area contributed by atoms with Crippen LogP contribution in [-0.2, 0) is 15.9 Å². The molecule has 1 aromatic rings. The van der Waals surface area contributed by atoms with Crippen LogP contribution in [0.2, 0.25) is 0 Å². The maximum absolute atomic E-state index is 11.7. The SMILES string of the molecule is CCc1ccc(C(=O)OCCOCCC(C)C)cc1. The minimum atomic E-state index is -0.282. The number of carbonyl (C=O) groups excluding carboxylic acids is 1. The third-order valence-electron chi connectivity index (χ3n) is 2.90. The second-order valence-electron chi connectivity index (χ2n) is 4.98. The lowest BCUT2D eigenvalue weighted by molar-refractivity contribution is 0.0303. The Labute approximate surface area is 115 Å². The van der Waals surface area contributed by atoms with Crippen LogP contribution in [-0.4, -0.2) is 25.8 Å². The van der Waals surface area contributed by atoms with E-state index in [9.17, 15) is 4.79 Å². The van der Waals surface area contributed by atoms with Gasteiger partial charge in [0, 0.05) is 6.61 Å². The largest absolute Gasteiger partial charge is 0.460 e. The van der Waals surface area contributed by atoms with Crippen molar-refractivity contribution in [2.75, 3.05) is 19.8 Å². The van der Waals surface area contributed by atoms with Crippen molar-refractivity contribution in [2.45, 2.75) is 33.6 Å². The standard InChI is InChI=1S/C16H24O3/c1-4-14-5-7-15(8-6-14)16(17)19-12-11-18-10-9-13(2)3/h5-8,13H,4,9-12H2,1-3H3. The lowest BCUT2D eigenvalue weighted by atomic mass is 10.1. The van der Waals surface area contributed by atoms with E-state index in [1.807, 2.05) is 12.1 Å². The molecule has 1 rings (SSSR count). The van der Waals surface area contributed by atoms with Crippen molar-refractivity contribution in [1.82, 2.24) is 0 Å². The highest BCUT2D eigenvalue weighted by atomic mass is 16.6. The fraction of sp³-hybridized carbons (Fsp3) is 0.562. The Morgan fingerprint density at radius 3 is 2.37 bits per heavy atom. The molecular formula is C16H24O3. The van der Waals surface area contributed by atoms with Crippen molar-refractivity contribution in [3.8, 4) is 0 Å². The molecule has 0 atom stereocenters. The van der Waals surface area contributed by atoms with Gasteiger partial charge in [-0.25, -0.2) is 4.79 Å². The van der Waals surface area contributed by atoms with Crippen molar-refractivity contribution in [3.05, 3.63) is 35.4 Å². The summed E-state index contributed by atoms with van der Waals surface area (Å²) in [6.45, 7) is 7.90. The molecular weight excluding hydrogens is 240 g/mol. The van der Waals surface area contributed by atoms with Gasteiger partial charge in [0.15, 0.2) is 0 Å². The zero-order valence-corrected chi connectivity index (χ0v) is 12.1. The minimum Gasteiger partial charge on any atom is -0.460 e. The van der Waals surface area contributed by atoms with Crippen LogP contribution in [0.5, 0.6) is 0 Å². The minimum absolute atomic E-state index is 0.282. The molecule has 0 spiro atoms. The van der Waals surface area contributed by atoms with Gasteiger partial charge in [-0.1, -0.05) is 32.9 Å². The Morgan fingerprint density at radius 1 is 1.11 bits per heavy atom. The molecule has 0 amide bonds. The molecule has 0 aliphatic heterocycles. The van der Waals surface area contributed by atoms with Gasteiger partial charge in [0.05, 0.1) is 12.2 Å². The molecule has 0 saturated heterocycles. The van der Waals surface area contributed by atoms with Crippen LogP contribution in [0, 0.1) is 5.92 Å². The highest BCUT2D eigenvalue weighted by molar-refractivity contribution is 5.89. The molecule has 0 radical (unpaired) electrons. The Kier molecular flexibility index (Phi) is 7.19. The summed E-state index contributed by atoms with van der Waals surface area (Å²) in [6.07, 6.45) is 2.01. The summed E-state index contributed by atoms with van der Waals surface area (Å²) < 4.78 is 10.5. The molecule has 0 aromatic heterocycles. The third-order valence-corrected chi connectivity index (χ3v) is 2.90. The summed E-state index contributed by atoms with van der Waals surface area (Å²) in [4.78, 5) is 11.7. The normalized spacial score (nSPS) is 10.7. The van der Waals surface area contributed by atoms with Crippen molar-refractivity contribution in [1.29, 1.82) is 0 Å². The van der Waals surface area contributed by atoms with E-state index < -0.39 is 0 Å². The van der Waals surface area contributed by atoms with E-state index in [0.29, 0.717) is 24.7 Å². The van der Waals surface area contributed by atoms with Crippen LogP contribution < -0.4 is 0 Å². The van der Waals surface area contributed by atoms with Crippen LogP contribution in [0.3, 0.4) is 0 Å². The van der Waals surface area contributed by atoms with Gasteiger partial charge in [-0.15, -0.1) is 0 Å². The van der Waals surface area contributed by atoms with E-state index in [2.05, 4.69) is 20.8 Å². The van der Waals surface area contributed by atoms with Gasteiger partial charge in [-0.2, -0.15) is 0 Å². The second kappa shape index (κ2) is 8.70. The molecule has 0 aliphatic rings. The van der Waals surface area contributed by atoms with Gasteiger partial charge in [-0.3, -0.25) is 0 Å². The first kappa shape index (κ1) is 15.7. The van der Waals surface area contributed by atoms with E-state index in [0.717, 1.165) is 19.4 Å². The number of hydrogen-bond donors (Lipinski definition) is 0. The molecule has 0 unspecified atom stereocenters. The molecule has 0 heterocycles. The summed E-state index contributed by atoms with van der Waals surface area (Å²) >= 11 is 0. The average Bonchev–Trinajstić information content (AvgIpc) is 2.42. The zero-order valence-electron chi connectivity index (χ0n) is 12.1. The zero-order chi connectivity index (χ0) is 14.1. The van der Waals surface area contributed by atoms with Crippen LogP contribution in [0.15, 0.2) is 24.3 Å². The van der Waals surface area contributed by atoms with Crippen molar-refractivity contribution >= 4 is 5.97 Å². The maximum Gasteiger partial charge on any atom is 0.338 e. The van der Waals surface area contributed by atoms with E-state index in [4.69, 9.17) is 9.47 Å². The molecule has 0 aliphatic carbocycles. The third kappa shape index (κ3) is 6.39. The number of ether oxygens (including phenoxy) is 2. The molecule has 1 aromatic carbocycles. The molecule has 0 saturated carbocycles. The number of rotatable bonds is 8. The van der Waals surface area contributed by atoms with E-state index in [1.54, 1.807) is 12.1 Å². The fourth-order valence-electron chi connectivity index (χ4n) is 1.57. The summed E-state index contributed by atoms with van der Waals surface area (Å²) in [5.41, 5.74) is 1.81. The van der Waals surface area contributed by atoms with E-state index in [1.165, 1.54) is 5.56 Å². The maximum atomic E-state index is 11.7. The second-order valence-corrected chi connectivity index (χ2v) is 4.98. The van der Waals surface area contributed by atoms with Crippen molar-refractivity contribution in [3.63, 3.8) is 0 Å². The summed E-state index contributed by atoms with van der Waals surface area (Å²) in [5, 5.41) is 0. The first-order chi connectivity index (χ1) is 9.13. The van der Waals surface area contributed by atoms with Crippen molar-refractivity contribution < 1.29 is 14.3 Å². The molecule has 3 heteroatoms. The smallest absolute Gasteiger partial charge is 0.338 e. The predicted octanol–water partition coefficient (Wildman–Crippen LogP) is 3.47. The highest BCUT2D eigenvalue weighted by Crippen LogP contribution is 2.06.